The van der Waals surface area contributed by atoms with E-state index in [0.717, 1.165) is 4.60 Å². The molecule has 0 unspecified atom stereocenters. The van der Waals surface area contributed by atoms with Crippen molar-refractivity contribution in [1.82, 2.24) is 4.98 Å². The van der Waals surface area contributed by atoms with Gasteiger partial charge in [-0.2, -0.15) is 0 Å². The molecule has 0 N–H and O–H groups in total. The number of halogens is 1. The van der Waals surface area contributed by atoms with Gasteiger partial charge in [-0.05, 0) is 28.1 Å². The topological polar surface area (TPSA) is 12.9 Å². The van der Waals surface area contributed by atoms with Gasteiger partial charge in [0.05, 0.1) is 0 Å². The fourth-order valence-electron chi connectivity index (χ4n) is 0.342. The van der Waals surface area contributed by atoms with Gasteiger partial charge in [0.1, 0.15) is 4.60 Å². The lowest BCUT2D eigenvalue weighted by Crippen LogP contribution is -1.66. The third-order valence-corrected chi connectivity index (χ3v) is 1.10. The molecule has 2 heteroatoms. The number of hydrogen-bond donors (Lipinski definition) is 0. The Balaban J connectivity index is 0.000000291. The van der Waals surface area contributed by atoms with Crippen molar-refractivity contribution >= 4 is 15.9 Å². The molecule has 46 valence electrons. The van der Waals surface area contributed by atoms with Gasteiger partial charge in [-0.15, -0.1) is 12.8 Å². The van der Waals surface area contributed by atoms with Crippen LogP contribution in [-0.2, 0) is 0 Å². The largest absolute Gasteiger partial charge is 0.249 e. The van der Waals surface area contributed by atoms with Gasteiger partial charge in [0.2, 0.25) is 0 Å². The molecule has 0 aliphatic carbocycles. The second-order valence-electron chi connectivity index (χ2n) is 1.15. The molecule has 0 bridgehead atoms. The molecule has 0 aliphatic heterocycles. The van der Waals surface area contributed by atoms with Crippen LogP contribution in [0.15, 0.2) is 29.0 Å². The van der Waals surface area contributed by atoms with E-state index in [9.17, 15) is 0 Å². The van der Waals surface area contributed by atoms with E-state index in [1.807, 2.05) is 18.2 Å². The average molecular weight is 184 g/mol. The Bertz CT molecular complexity index is 169. The van der Waals surface area contributed by atoms with Crippen molar-refractivity contribution in [2.75, 3.05) is 0 Å². The summed E-state index contributed by atoms with van der Waals surface area (Å²) in [5.74, 6) is 0. The standard InChI is InChI=1S/C5H4BrN.C2H2/c6-5-3-1-2-4-7-5;1-2/h1-4H;1-2H. The van der Waals surface area contributed by atoms with Crippen LogP contribution in [0.3, 0.4) is 0 Å². The van der Waals surface area contributed by atoms with E-state index in [2.05, 4.69) is 33.8 Å². The van der Waals surface area contributed by atoms with Crippen molar-refractivity contribution in [1.29, 1.82) is 0 Å². The molecule has 9 heavy (non-hydrogen) atoms. The van der Waals surface area contributed by atoms with E-state index in [0.29, 0.717) is 0 Å². The number of aromatic nitrogens is 1. The van der Waals surface area contributed by atoms with Gasteiger partial charge in [0.15, 0.2) is 0 Å². The van der Waals surface area contributed by atoms with E-state index < -0.39 is 0 Å². The summed E-state index contributed by atoms with van der Waals surface area (Å²) in [5.41, 5.74) is 0. The lowest BCUT2D eigenvalue weighted by atomic mass is 10.5. The van der Waals surface area contributed by atoms with Gasteiger partial charge in [0, 0.05) is 6.20 Å². The summed E-state index contributed by atoms with van der Waals surface area (Å²) < 4.78 is 0.884. The molecule has 1 aromatic rings. The third kappa shape index (κ3) is 3.75. The minimum absolute atomic E-state index is 0.884. The van der Waals surface area contributed by atoms with E-state index in [4.69, 9.17) is 0 Å². The smallest absolute Gasteiger partial charge is 0.106 e. The quantitative estimate of drug-likeness (QED) is 0.444. The Morgan fingerprint density at radius 2 is 2.00 bits per heavy atom. The van der Waals surface area contributed by atoms with Crippen LogP contribution in [0.5, 0.6) is 0 Å². The van der Waals surface area contributed by atoms with Crippen LogP contribution in [0.1, 0.15) is 0 Å². The van der Waals surface area contributed by atoms with Crippen LogP contribution in [0, 0.1) is 12.8 Å². The fraction of sp³-hybridized carbons (Fsp3) is 0. The lowest BCUT2D eigenvalue weighted by Gasteiger charge is -1.80. The van der Waals surface area contributed by atoms with Gasteiger partial charge in [-0.1, -0.05) is 6.07 Å². The Hall–Kier alpha value is -0.810. The molecular weight excluding hydrogens is 178 g/mol. The van der Waals surface area contributed by atoms with Gasteiger partial charge in [0.25, 0.3) is 0 Å². The van der Waals surface area contributed by atoms with Gasteiger partial charge >= 0.3 is 0 Å². The molecule has 0 atom stereocenters. The fourth-order valence-corrected chi connectivity index (χ4v) is 0.613. The molecule has 0 amide bonds. The van der Waals surface area contributed by atoms with Crippen LogP contribution in [0.2, 0.25) is 0 Å². The van der Waals surface area contributed by atoms with E-state index in [1.165, 1.54) is 0 Å². The number of pyridine rings is 1. The van der Waals surface area contributed by atoms with Crippen LogP contribution in [0.25, 0.3) is 0 Å². The number of nitrogens with zero attached hydrogens (tertiary/aromatic N) is 1. The molecule has 1 nitrogen and oxygen atoms in total. The van der Waals surface area contributed by atoms with Crippen LogP contribution >= 0.6 is 15.9 Å². The van der Waals surface area contributed by atoms with Crippen molar-refractivity contribution in [2.24, 2.45) is 0 Å². The molecular formula is C7H6BrN. The molecule has 0 spiro atoms. The van der Waals surface area contributed by atoms with Gasteiger partial charge in [-0.25, -0.2) is 4.98 Å². The van der Waals surface area contributed by atoms with Gasteiger partial charge in [-0.3, -0.25) is 0 Å². The maximum atomic E-state index is 4.00. The van der Waals surface area contributed by atoms with Crippen molar-refractivity contribution in [2.45, 2.75) is 0 Å². The molecule has 1 heterocycles. The summed E-state index contributed by atoms with van der Waals surface area (Å²) in [6, 6.07) is 5.70. The molecule has 0 aliphatic rings. The van der Waals surface area contributed by atoms with Crippen molar-refractivity contribution in [3.63, 3.8) is 0 Å². The normalized spacial score (nSPS) is 7.00. The molecule has 1 rings (SSSR count). The van der Waals surface area contributed by atoms with Crippen LogP contribution < -0.4 is 0 Å². The summed E-state index contributed by atoms with van der Waals surface area (Å²) in [6.07, 6.45) is 9.74. The zero-order chi connectivity index (χ0) is 7.11. The minimum atomic E-state index is 0.884. The van der Waals surface area contributed by atoms with E-state index in [-0.39, 0.29) is 0 Å². The molecule has 0 aromatic carbocycles. The van der Waals surface area contributed by atoms with E-state index >= 15 is 0 Å². The van der Waals surface area contributed by atoms with Gasteiger partial charge < -0.3 is 0 Å². The predicted molar refractivity (Wildman–Crippen MR) is 41.8 cm³/mol. The maximum absolute atomic E-state index is 4.00. The third-order valence-electron chi connectivity index (χ3n) is 0.629. The summed E-state index contributed by atoms with van der Waals surface area (Å²) in [6.45, 7) is 0. The highest BCUT2D eigenvalue weighted by molar-refractivity contribution is 9.10. The Kier molecular flexibility index (Phi) is 4.85. The summed E-state index contributed by atoms with van der Waals surface area (Å²) >= 11 is 3.20. The maximum Gasteiger partial charge on any atom is 0.106 e. The van der Waals surface area contributed by atoms with Crippen LogP contribution in [-0.4, -0.2) is 4.98 Å². The predicted octanol–water partition coefficient (Wildman–Crippen LogP) is 2.09. The average Bonchev–Trinajstić information content (AvgIpc) is 1.94. The molecule has 1 aromatic heterocycles. The highest BCUT2D eigenvalue weighted by atomic mass is 79.9. The highest BCUT2D eigenvalue weighted by Crippen LogP contribution is 2.00. The number of rotatable bonds is 0. The molecule has 0 saturated carbocycles. The first-order valence-electron chi connectivity index (χ1n) is 2.29. The summed E-state index contributed by atoms with van der Waals surface area (Å²) in [5, 5.41) is 0. The Morgan fingerprint density at radius 3 is 2.22 bits per heavy atom. The minimum Gasteiger partial charge on any atom is -0.249 e. The first-order chi connectivity index (χ1) is 4.39. The first-order valence-corrected chi connectivity index (χ1v) is 3.09. The number of hydrogen-bond acceptors (Lipinski definition) is 1. The molecule has 0 fully saturated rings. The van der Waals surface area contributed by atoms with Crippen molar-refractivity contribution in [3.05, 3.63) is 29.0 Å². The highest BCUT2D eigenvalue weighted by Gasteiger charge is 1.75. The summed E-state index contributed by atoms with van der Waals surface area (Å²) in [7, 11) is 0. The monoisotopic (exact) mass is 183 g/mol. The SMILES string of the molecule is Brc1ccccn1.C#C. The van der Waals surface area contributed by atoms with Crippen molar-refractivity contribution < 1.29 is 0 Å². The van der Waals surface area contributed by atoms with E-state index in [1.54, 1.807) is 6.20 Å². The second kappa shape index (κ2) is 5.33. The molecule has 0 saturated heterocycles. The Morgan fingerprint density at radius 1 is 1.33 bits per heavy atom. The first kappa shape index (κ1) is 8.19. The summed E-state index contributed by atoms with van der Waals surface area (Å²) in [4.78, 5) is 3.90. The van der Waals surface area contributed by atoms with Crippen LogP contribution in [0.4, 0.5) is 0 Å². The molecule has 0 radical (unpaired) electrons. The lowest BCUT2D eigenvalue weighted by molar-refractivity contribution is 1.28. The zero-order valence-corrected chi connectivity index (χ0v) is 6.38. The Labute approximate surface area is 63.3 Å². The zero-order valence-electron chi connectivity index (χ0n) is 4.79. The second-order valence-corrected chi connectivity index (χ2v) is 1.96. The number of terminal acetylenes is 1. The van der Waals surface area contributed by atoms with Crippen molar-refractivity contribution in [3.8, 4) is 12.8 Å².